The largest absolute Gasteiger partial charge is 0.310 e. The van der Waals surface area contributed by atoms with Gasteiger partial charge >= 0.3 is 0 Å². The summed E-state index contributed by atoms with van der Waals surface area (Å²) in [4.78, 5) is 12.4. The second-order valence-corrected chi connectivity index (χ2v) is 6.83. The first-order valence-electron chi connectivity index (χ1n) is 8.85. The highest BCUT2D eigenvalue weighted by Gasteiger charge is 2.33. The van der Waals surface area contributed by atoms with Gasteiger partial charge in [-0.3, -0.25) is 4.79 Å². The number of carbonyl (C=O) groups excluding carboxylic acids is 1. The van der Waals surface area contributed by atoms with Gasteiger partial charge in [-0.1, -0.05) is 12.1 Å². The fourth-order valence-corrected chi connectivity index (χ4v) is 3.72. The van der Waals surface area contributed by atoms with Crippen LogP contribution in [0.1, 0.15) is 35.0 Å². The maximum Gasteiger partial charge on any atom is 0.226 e. The van der Waals surface area contributed by atoms with Crippen molar-refractivity contribution in [2.24, 2.45) is 0 Å². The summed E-state index contributed by atoms with van der Waals surface area (Å²) in [5, 5.41) is 20.1. The summed E-state index contributed by atoms with van der Waals surface area (Å²) in [5.41, 5.74) is 3.00. The first-order chi connectivity index (χ1) is 13.5. The van der Waals surface area contributed by atoms with Crippen LogP contribution in [-0.4, -0.2) is 35.5 Å². The van der Waals surface area contributed by atoms with Crippen molar-refractivity contribution in [3.63, 3.8) is 0 Å². The third-order valence-corrected chi connectivity index (χ3v) is 4.98. The standard InChI is InChI=1S/C19H16FN7O/c1-10-18-14(12-4-3-5-13(20)8-12)9-17(28)21-19(18)27(24-10)16-7-6-15-23-22-11(2)26(15)25-16/h3-8,14H,9H2,1-2H3,(H,21,28)/t14-/m1/s1. The van der Waals surface area contributed by atoms with Gasteiger partial charge in [0, 0.05) is 17.9 Å². The lowest BCUT2D eigenvalue weighted by atomic mass is 9.86. The number of hydrogen-bond donors (Lipinski definition) is 1. The number of halogens is 1. The van der Waals surface area contributed by atoms with Crippen LogP contribution in [0, 0.1) is 19.7 Å². The van der Waals surface area contributed by atoms with Gasteiger partial charge in [0.1, 0.15) is 11.6 Å². The summed E-state index contributed by atoms with van der Waals surface area (Å²) >= 11 is 0. The topological polar surface area (TPSA) is 90.0 Å². The molecule has 1 aromatic carbocycles. The number of nitrogens with one attached hydrogen (secondary N) is 1. The first kappa shape index (κ1) is 16.5. The maximum atomic E-state index is 13.8. The van der Waals surface area contributed by atoms with Crippen molar-refractivity contribution in [1.29, 1.82) is 0 Å². The van der Waals surface area contributed by atoms with Crippen LogP contribution in [-0.2, 0) is 4.79 Å². The molecule has 1 aliphatic rings. The molecule has 3 aromatic heterocycles. The Kier molecular flexibility index (Phi) is 3.51. The Hall–Kier alpha value is -3.62. The van der Waals surface area contributed by atoms with E-state index >= 15 is 0 Å². The van der Waals surface area contributed by atoms with Crippen molar-refractivity contribution in [2.75, 3.05) is 5.32 Å². The summed E-state index contributed by atoms with van der Waals surface area (Å²) in [5.74, 6) is 0.986. The highest BCUT2D eigenvalue weighted by atomic mass is 19.1. The third kappa shape index (κ3) is 2.47. The highest BCUT2D eigenvalue weighted by Crippen LogP contribution is 2.40. The number of nitrogens with zero attached hydrogens (tertiary/aromatic N) is 6. The zero-order chi connectivity index (χ0) is 19.4. The van der Waals surface area contributed by atoms with Crippen LogP contribution < -0.4 is 5.32 Å². The van der Waals surface area contributed by atoms with Gasteiger partial charge in [0.2, 0.25) is 5.91 Å². The number of aromatic nitrogens is 6. The lowest BCUT2D eigenvalue weighted by Crippen LogP contribution is -2.25. The molecule has 28 heavy (non-hydrogen) atoms. The fourth-order valence-electron chi connectivity index (χ4n) is 3.72. The molecular weight excluding hydrogens is 361 g/mol. The molecule has 0 spiro atoms. The molecule has 8 nitrogen and oxygen atoms in total. The minimum absolute atomic E-state index is 0.149. The molecule has 1 atom stereocenters. The predicted octanol–water partition coefficient (Wildman–Crippen LogP) is 2.54. The number of anilines is 1. The molecule has 0 unspecified atom stereocenters. The lowest BCUT2D eigenvalue weighted by molar-refractivity contribution is -0.116. The molecule has 9 heteroatoms. The second kappa shape index (κ2) is 5.95. The van der Waals surface area contributed by atoms with Crippen LogP contribution in [0.4, 0.5) is 10.2 Å². The number of carbonyl (C=O) groups is 1. The van der Waals surface area contributed by atoms with E-state index in [-0.39, 0.29) is 24.1 Å². The minimum atomic E-state index is -0.328. The van der Waals surface area contributed by atoms with Gasteiger partial charge in [0.15, 0.2) is 17.3 Å². The highest BCUT2D eigenvalue weighted by molar-refractivity contribution is 5.95. The molecule has 1 N–H and O–H groups in total. The van der Waals surface area contributed by atoms with Crippen LogP contribution in [0.3, 0.4) is 0 Å². The molecule has 0 aliphatic carbocycles. The fraction of sp³-hybridized carbons (Fsp3) is 0.211. The van der Waals surface area contributed by atoms with Gasteiger partial charge in [-0.15, -0.1) is 15.3 Å². The smallest absolute Gasteiger partial charge is 0.226 e. The van der Waals surface area contributed by atoms with Crippen molar-refractivity contribution in [3.05, 3.63) is 64.9 Å². The number of hydrogen-bond acceptors (Lipinski definition) is 5. The van der Waals surface area contributed by atoms with Gasteiger partial charge < -0.3 is 5.32 Å². The third-order valence-electron chi connectivity index (χ3n) is 4.98. The van der Waals surface area contributed by atoms with Gasteiger partial charge in [-0.05, 0) is 43.7 Å². The number of benzene rings is 1. The summed E-state index contributed by atoms with van der Waals surface area (Å²) in [6.07, 6.45) is 0.236. The monoisotopic (exact) mass is 377 g/mol. The zero-order valence-corrected chi connectivity index (χ0v) is 15.2. The van der Waals surface area contributed by atoms with E-state index < -0.39 is 0 Å². The normalized spacial score (nSPS) is 16.2. The summed E-state index contributed by atoms with van der Waals surface area (Å²) in [6, 6.07) is 9.91. The maximum absolute atomic E-state index is 13.8. The number of fused-ring (bicyclic) bond motifs is 2. The van der Waals surface area contributed by atoms with Crippen LogP contribution in [0.25, 0.3) is 11.5 Å². The van der Waals surface area contributed by atoms with Crippen LogP contribution in [0.2, 0.25) is 0 Å². The number of rotatable bonds is 2. The second-order valence-electron chi connectivity index (χ2n) is 6.83. The SMILES string of the molecule is Cc1nn(-c2ccc3nnc(C)n3n2)c2c1[C@@H](c1cccc(F)c1)CC(=O)N2. The average molecular weight is 377 g/mol. The Morgan fingerprint density at radius 1 is 1.14 bits per heavy atom. The van der Waals surface area contributed by atoms with Gasteiger partial charge in [-0.2, -0.15) is 14.3 Å². The van der Waals surface area contributed by atoms with Crippen LogP contribution >= 0.6 is 0 Å². The summed E-state index contributed by atoms with van der Waals surface area (Å²) in [6.45, 7) is 3.68. The van der Waals surface area contributed by atoms with Gasteiger partial charge in [0.05, 0.1) is 5.69 Å². The molecule has 140 valence electrons. The Bertz CT molecular complexity index is 1240. The minimum Gasteiger partial charge on any atom is -0.310 e. The quantitative estimate of drug-likeness (QED) is 0.580. The van der Waals surface area contributed by atoms with Crippen molar-refractivity contribution in [1.82, 2.24) is 29.6 Å². The van der Waals surface area contributed by atoms with E-state index in [4.69, 9.17) is 0 Å². The van der Waals surface area contributed by atoms with Crippen molar-refractivity contribution in [2.45, 2.75) is 26.2 Å². The predicted molar refractivity (Wildman–Crippen MR) is 98.9 cm³/mol. The molecule has 0 saturated carbocycles. The molecule has 4 aromatic rings. The van der Waals surface area contributed by atoms with Crippen molar-refractivity contribution < 1.29 is 9.18 Å². The number of amides is 1. The summed E-state index contributed by atoms with van der Waals surface area (Å²) in [7, 11) is 0. The Labute approximate surface area is 159 Å². The van der Waals surface area contributed by atoms with Crippen molar-refractivity contribution >= 4 is 17.4 Å². The average Bonchev–Trinajstić information content (AvgIpc) is 3.21. The van der Waals surface area contributed by atoms with E-state index in [1.807, 2.05) is 19.9 Å². The molecule has 5 rings (SSSR count). The Morgan fingerprint density at radius 2 is 2.00 bits per heavy atom. The molecule has 0 saturated heterocycles. The molecule has 0 fully saturated rings. The molecule has 1 aliphatic heterocycles. The zero-order valence-electron chi connectivity index (χ0n) is 15.2. The van der Waals surface area contributed by atoms with E-state index in [9.17, 15) is 9.18 Å². The number of aryl methyl sites for hydroxylation is 2. The van der Waals surface area contributed by atoms with Crippen LogP contribution in [0.15, 0.2) is 36.4 Å². The van der Waals surface area contributed by atoms with Crippen LogP contribution in [0.5, 0.6) is 0 Å². The van der Waals surface area contributed by atoms with Gasteiger partial charge in [-0.25, -0.2) is 4.39 Å². The van der Waals surface area contributed by atoms with E-state index in [2.05, 4.69) is 25.7 Å². The van der Waals surface area contributed by atoms with E-state index in [0.717, 1.165) is 16.8 Å². The molecule has 0 bridgehead atoms. The Balaban J connectivity index is 1.69. The van der Waals surface area contributed by atoms with E-state index in [1.165, 1.54) is 12.1 Å². The van der Waals surface area contributed by atoms with Crippen molar-refractivity contribution in [3.8, 4) is 5.82 Å². The molecule has 4 heterocycles. The molecular formula is C19H16FN7O. The molecule has 0 radical (unpaired) electrons. The van der Waals surface area contributed by atoms with Gasteiger partial charge in [0.25, 0.3) is 0 Å². The molecule has 1 amide bonds. The lowest BCUT2D eigenvalue weighted by Gasteiger charge is -2.24. The Morgan fingerprint density at radius 3 is 2.82 bits per heavy atom. The summed E-state index contributed by atoms with van der Waals surface area (Å²) < 4.78 is 17.0. The first-order valence-corrected chi connectivity index (χ1v) is 8.85. The van der Waals surface area contributed by atoms with E-state index in [0.29, 0.717) is 23.1 Å². The van der Waals surface area contributed by atoms with E-state index in [1.54, 1.807) is 27.4 Å².